The number of nitrogens with zero attached hydrogens (tertiary/aromatic N) is 2. The number of hydrogen-bond donors (Lipinski definition) is 1. The minimum atomic E-state index is -0.935. The SMILES string of the molecule is N#CCN(Cc1ccccc1)C(=O)[C@@H]1C[C@@H]1C(=O)O. The van der Waals surface area contributed by atoms with Gasteiger partial charge in [0.05, 0.1) is 17.9 Å². The number of rotatable bonds is 5. The molecule has 5 heteroatoms. The summed E-state index contributed by atoms with van der Waals surface area (Å²) >= 11 is 0. The summed E-state index contributed by atoms with van der Waals surface area (Å²) in [5, 5.41) is 17.6. The molecule has 1 fully saturated rings. The van der Waals surface area contributed by atoms with Gasteiger partial charge in [-0.05, 0) is 12.0 Å². The molecule has 2 atom stereocenters. The van der Waals surface area contributed by atoms with Gasteiger partial charge < -0.3 is 10.0 Å². The van der Waals surface area contributed by atoms with E-state index in [4.69, 9.17) is 10.4 Å². The van der Waals surface area contributed by atoms with E-state index in [-0.39, 0.29) is 12.5 Å². The lowest BCUT2D eigenvalue weighted by atomic mass is 10.2. The van der Waals surface area contributed by atoms with Crippen LogP contribution < -0.4 is 0 Å². The largest absolute Gasteiger partial charge is 0.481 e. The second-order valence-electron chi connectivity index (χ2n) is 4.62. The second kappa shape index (κ2) is 5.53. The summed E-state index contributed by atoms with van der Waals surface area (Å²) in [6, 6.07) is 11.3. The van der Waals surface area contributed by atoms with Crippen LogP contribution in [0.15, 0.2) is 30.3 Å². The summed E-state index contributed by atoms with van der Waals surface area (Å²) < 4.78 is 0. The Morgan fingerprint density at radius 2 is 2.00 bits per heavy atom. The predicted molar refractivity (Wildman–Crippen MR) is 66.7 cm³/mol. The molecule has 0 unspecified atom stereocenters. The Hall–Kier alpha value is -2.35. The van der Waals surface area contributed by atoms with Crippen LogP contribution in [0.5, 0.6) is 0 Å². The van der Waals surface area contributed by atoms with Gasteiger partial charge in [0.15, 0.2) is 0 Å². The van der Waals surface area contributed by atoms with Crippen LogP contribution in [0.2, 0.25) is 0 Å². The van der Waals surface area contributed by atoms with E-state index in [0.29, 0.717) is 13.0 Å². The molecular weight excluding hydrogens is 244 g/mol. The maximum atomic E-state index is 12.1. The fraction of sp³-hybridized carbons (Fsp3) is 0.357. The predicted octanol–water partition coefficient (Wildman–Crippen LogP) is 1.26. The zero-order valence-electron chi connectivity index (χ0n) is 10.3. The van der Waals surface area contributed by atoms with Gasteiger partial charge in [0.2, 0.25) is 5.91 Å². The molecule has 1 N–H and O–H groups in total. The van der Waals surface area contributed by atoms with E-state index in [1.807, 2.05) is 36.4 Å². The molecule has 1 aliphatic carbocycles. The van der Waals surface area contributed by atoms with Crippen LogP contribution in [-0.2, 0) is 16.1 Å². The van der Waals surface area contributed by atoms with Gasteiger partial charge in [0.25, 0.3) is 0 Å². The van der Waals surface area contributed by atoms with E-state index in [0.717, 1.165) is 5.56 Å². The minimum absolute atomic E-state index is 0.0173. The van der Waals surface area contributed by atoms with Crippen LogP contribution in [0.1, 0.15) is 12.0 Å². The first-order chi connectivity index (χ1) is 9.13. The summed E-state index contributed by atoms with van der Waals surface area (Å²) in [7, 11) is 0. The number of hydrogen-bond acceptors (Lipinski definition) is 3. The van der Waals surface area contributed by atoms with Gasteiger partial charge in [0.1, 0.15) is 6.54 Å². The number of nitriles is 1. The molecule has 1 aromatic carbocycles. The maximum absolute atomic E-state index is 12.1. The van der Waals surface area contributed by atoms with Crippen molar-refractivity contribution < 1.29 is 14.7 Å². The van der Waals surface area contributed by atoms with E-state index >= 15 is 0 Å². The third-order valence-corrected chi connectivity index (χ3v) is 3.21. The summed E-state index contributed by atoms with van der Waals surface area (Å²) in [6.45, 7) is 0.326. The summed E-state index contributed by atoms with van der Waals surface area (Å²) in [4.78, 5) is 24.3. The van der Waals surface area contributed by atoms with Crippen molar-refractivity contribution in [2.24, 2.45) is 11.8 Å². The molecule has 0 radical (unpaired) electrons. The Bertz CT molecular complexity index is 521. The highest BCUT2D eigenvalue weighted by molar-refractivity contribution is 5.89. The van der Waals surface area contributed by atoms with Crippen LogP contribution in [0.3, 0.4) is 0 Å². The quantitative estimate of drug-likeness (QED) is 0.806. The second-order valence-corrected chi connectivity index (χ2v) is 4.62. The Labute approximate surface area is 111 Å². The third kappa shape index (κ3) is 3.10. The van der Waals surface area contributed by atoms with Crippen molar-refractivity contribution in [3.05, 3.63) is 35.9 Å². The van der Waals surface area contributed by atoms with Crippen LogP contribution >= 0.6 is 0 Å². The van der Waals surface area contributed by atoms with Crippen molar-refractivity contribution in [1.82, 2.24) is 4.90 Å². The van der Waals surface area contributed by atoms with Gasteiger partial charge in [-0.15, -0.1) is 0 Å². The summed E-state index contributed by atoms with van der Waals surface area (Å²) in [5.41, 5.74) is 0.929. The number of carboxylic acids is 1. The third-order valence-electron chi connectivity index (χ3n) is 3.21. The molecule has 1 aliphatic rings. The van der Waals surface area contributed by atoms with Crippen LogP contribution in [0, 0.1) is 23.2 Å². The highest BCUT2D eigenvalue weighted by Crippen LogP contribution is 2.40. The van der Waals surface area contributed by atoms with Gasteiger partial charge >= 0.3 is 5.97 Å². The van der Waals surface area contributed by atoms with Crippen LogP contribution in [0.25, 0.3) is 0 Å². The smallest absolute Gasteiger partial charge is 0.307 e. The monoisotopic (exact) mass is 258 g/mol. The van der Waals surface area contributed by atoms with Crippen molar-refractivity contribution in [2.45, 2.75) is 13.0 Å². The fourth-order valence-corrected chi connectivity index (χ4v) is 2.08. The molecule has 1 amide bonds. The molecular formula is C14H14N2O3. The van der Waals surface area contributed by atoms with Gasteiger partial charge in [-0.1, -0.05) is 30.3 Å². The zero-order valence-corrected chi connectivity index (χ0v) is 10.3. The summed E-state index contributed by atoms with van der Waals surface area (Å²) in [6.07, 6.45) is 0.380. The van der Waals surface area contributed by atoms with Crippen molar-refractivity contribution in [3.63, 3.8) is 0 Å². The van der Waals surface area contributed by atoms with Crippen molar-refractivity contribution in [2.75, 3.05) is 6.54 Å². The molecule has 1 saturated carbocycles. The average molecular weight is 258 g/mol. The van der Waals surface area contributed by atoms with E-state index in [2.05, 4.69) is 0 Å². The highest BCUT2D eigenvalue weighted by Gasteiger charge is 2.49. The van der Waals surface area contributed by atoms with Crippen molar-refractivity contribution in [3.8, 4) is 6.07 Å². The summed E-state index contributed by atoms with van der Waals surface area (Å²) in [5.74, 6) is -2.22. The Morgan fingerprint density at radius 3 is 2.53 bits per heavy atom. The minimum Gasteiger partial charge on any atom is -0.481 e. The molecule has 0 bridgehead atoms. The van der Waals surface area contributed by atoms with Gasteiger partial charge in [-0.3, -0.25) is 9.59 Å². The molecule has 0 saturated heterocycles. The molecule has 0 aliphatic heterocycles. The van der Waals surface area contributed by atoms with Gasteiger partial charge in [-0.2, -0.15) is 5.26 Å². The maximum Gasteiger partial charge on any atom is 0.307 e. The normalized spacial score (nSPS) is 20.4. The van der Waals surface area contributed by atoms with E-state index in [1.54, 1.807) is 0 Å². The van der Waals surface area contributed by atoms with Crippen LogP contribution in [0.4, 0.5) is 0 Å². The molecule has 98 valence electrons. The lowest BCUT2D eigenvalue weighted by molar-refractivity contribution is -0.142. The molecule has 19 heavy (non-hydrogen) atoms. The first-order valence-electron chi connectivity index (χ1n) is 6.06. The Kier molecular flexibility index (Phi) is 3.81. The number of aliphatic carboxylic acids is 1. The standard InChI is InChI=1S/C14H14N2O3/c15-6-7-16(9-10-4-2-1-3-5-10)13(17)11-8-12(11)14(18)19/h1-5,11-12H,7-9H2,(H,18,19)/t11-,12+/m1/s1. The average Bonchev–Trinajstić information content (AvgIpc) is 3.19. The van der Waals surface area contributed by atoms with E-state index in [1.165, 1.54) is 4.90 Å². The van der Waals surface area contributed by atoms with Gasteiger partial charge in [0, 0.05) is 6.54 Å². The molecule has 2 rings (SSSR count). The number of amides is 1. The Morgan fingerprint density at radius 1 is 1.32 bits per heavy atom. The first-order valence-corrected chi connectivity index (χ1v) is 6.06. The lowest BCUT2D eigenvalue weighted by Gasteiger charge is -2.19. The fourth-order valence-electron chi connectivity index (χ4n) is 2.08. The van der Waals surface area contributed by atoms with Gasteiger partial charge in [-0.25, -0.2) is 0 Å². The zero-order chi connectivity index (χ0) is 13.8. The first kappa shape index (κ1) is 13.1. The molecule has 0 aromatic heterocycles. The van der Waals surface area contributed by atoms with Crippen molar-refractivity contribution >= 4 is 11.9 Å². The van der Waals surface area contributed by atoms with Crippen LogP contribution in [-0.4, -0.2) is 28.4 Å². The number of benzene rings is 1. The molecule has 0 heterocycles. The van der Waals surface area contributed by atoms with E-state index < -0.39 is 17.8 Å². The number of carboxylic acid groups (broad SMARTS) is 1. The number of carbonyl (C=O) groups is 2. The molecule has 1 aromatic rings. The highest BCUT2D eigenvalue weighted by atomic mass is 16.4. The lowest BCUT2D eigenvalue weighted by Crippen LogP contribution is -2.33. The van der Waals surface area contributed by atoms with Crippen molar-refractivity contribution in [1.29, 1.82) is 5.26 Å². The molecule has 0 spiro atoms. The topological polar surface area (TPSA) is 81.4 Å². The molecule has 5 nitrogen and oxygen atoms in total. The number of carbonyl (C=O) groups excluding carboxylic acids is 1. The Balaban J connectivity index is 2.03. The van der Waals surface area contributed by atoms with E-state index in [9.17, 15) is 9.59 Å².